The molecular formula is C18H13ClN4S. The highest BCUT2D eigenvalue weighted by Crippen LogP contribution is 2.54. The summed E-state index contributed by atoms with van der Waals surface area (Å²) in [4.78, 5) is 0. The highest BCUT2D eigenvalue weighted by molar-refractivity contribution is 7.99. The van der Waals surface area contributed by atoms with Crippen LogP contribution < -0.4 is 0 Å². The lowest BCUT2D eigenvalue weighted by Crippen LogP contribution is -2.48. The van der Waals surface area contributed by atoms with Crippen molar-refractivity contribution in [2.24, 2.45) is 17.3 Å². The average Bonchev–Trinajstić information content (AvgIpc) is 2.62. The molecule has 0 bridgehead atoms. The van der Waals surface area contributed by atoms with E-state index in [0.29, 0.717) is 22.1 Å². The van der Waals surface area contributed by atoms with Gasteiger partial charge in [0, 0.05) is 28.4 Å². The molecule has 0 saturated heterocycles. The van der Waals surface area contributed by atoms with Crippen LogP contribution in [0.2, 0.25) is 5.02 Å². The minimum atomic E-state index is -1.64. The first-order valence-electron chi connectivity index (χ1n) is 7.44. The Kier molecular flexibility index (Phi) is 4.37. The summed E-state index contributed by atoms with van der Waals surface area (Å²) in [6.07, 6.45) is 1.89. The van der Waals surface area contributed by atoms with Gasteiger partial charge in [0.1, 0.15) is 0 Å². The number of nitrogens with one attached hydrogen (secondary N) is 1. The van der Waals surface area contributed by atoms with Crippen LogP contribution in [0.1, 0.15) is 11.5 Å². The van der Waals surface area contributed by atoms with Crippen LogP contribution in [0, 0.1) is 56.7 Å². The van der Waals surface area contributed by atoms with Crippen molar-refractivity contribution in [3.8, 4) is 18.2 Å². The van der Waals surface area contributed by atoms with Crippen molar-refractivity contribution in [3.05, 3.63) is 46.5 Å². The molecule has 1 heterocycles. The molecule has 2 aliphatic rings. The van der Waals surface area contributed by atoms with Gasteiger partial charge in [-0.25, -0.2) is 0 Å². The topological polar surface area (TPSA) is 95.2 Å². The molecule has 1 fully saturated rings. The van der Waals surface area contributed by atoms with Crippen molar-refractivity contribution in [2.45, 2.75) is 5.92 Å². The third-order valence-corrected chi connectivity index (χ3v) is 6.14. The van der Waals surface area contributed by atoms with E-state index in [1.807, 2.05) is 36.4 Å². The van der Waals surface area contributed by atoms with Crippen molar-refractivity contribution >= 4 is 29.1 Å². The maximum Gasteiger partial charge on any atom is 0.203 e. The Morgan fingerprint density at radius 3 is 2.54 bits per heavy atom. The molecule has 24 heavy (non-hydrogen) atoms. The smallest absolute Gasteiger partial charge is 0.203 e. The third-order valence-electron chi connectivity index (χ3n) is 4.80. The van der Waals surface area contributed by atoms with Crippen LogP contribution >= 0.6 is 23.4 Å². The minimum absolute atomic E-state index is 0.130. The molecule has 1 N–H and O–H groups in total. The molecule has 1 aliphatic heterocycles. The maximum atomic E-state index is 9.72. The Morgan fingerprint density at radius 1 is 1.21 bits per heavy atom. The van der Waals surface area contributed by atoms with E-state index in [-0.39, 0.29) is 17.5 Å². The van der Waals surface area contributed by atoms with Crippen molar-refractivity contribution < 1.29 is 0 Å². The van der Waals surface area contributed by atoms with Gasteiger partial charge in [-0.15, -0.1) is 0 Å². The number of allylic oxidation sites excluding steroid dienone is 1. The number of nitriles is 3. The Morgan fingerprint density at radius 2 is 1.92 bits per heavy atom. The summed E-state index contributed by atoms with van der Waals surface area (Å²) in [6, 6.07) is 13.5. The van der Waals surface area contributed by atoms with Gasteiger partial charge >= 0.3 is 0 Å². The number of hydrogen-bond donors (Lipinski definition) is 1. The van der Waals surface area contributed by atoms with E-state index in [1.54, 1.807) is 17.8 Å². The minimum Gasteiger partial charge on any atom is -0.305 e. The first kappa shape index (κ1) is 16.6. The number of fused-ring (bicyclic) bond motifs is 1. The van der Waals surface area contributed by atoms with Crippen LogP contribution in [0.3, 0.4) is 0 Å². The fraction of sp³-hybridized carbons (Fsp3) is 0.333. The van der Waals surface area contributed by atoms with Crippen molar-refractivity contribution in [3.63, 3.8) is 0 Å². The molecule has 0 spiro atoms. The van der Waals surface area contributed by atoms with Crippen LogP contribution in [0.4, 0.5) is 0 Å². The second-order valence-electron chi connectivity index (χ2n) is 5.84. The average molecular weight is 353 g/mol. The summed E-state index contributed by atoms with van der Waals surface area (Å²) in [5.74, 6) is 0.103. The predicted octanol–water partition coefficient (Wildman–Crippen LogP) is 3.92. The van der Waals surface area contributed by atoms with E-state index >= 15 is 0 Å². The van der Waals surface area contributed by atoms with Crippen LogP contribution in [-0.2, 0) is 0 Å². The van der Waals surface area contributed by atoms with Gasteiger partial charge < -0.3 is 5.41 Å². The molecule has 1 aromatic carbocycles. The van der Waals surface area contributed by atoms with Gasteiger partial charge in [0.05, 0.1) is 29.8 Å². The number of hydrogen-bond acceptors (Lipinski definition) is 5. The molecule has 0 aromatic heterocycles. The van der Waals surface area contributed by atoms with E-state index in [9.17, 15) is 15.8 Å². The van der Waals surface area contributed by atoms with Crippen molar-refractivity contribution in [2.75, 3.05) is 11.5 Å². The Labute approximate surface area is 149 Å². The number of thioether (sulfide) groups is 1. The van der Waals surface area contributed by atoms with E-state index in [4.69, 9.17) is 17.0 Å². The summed E-state index contributed by atoms with van der Waals surface area (Å²) in [7, 11) is 0. The largest absolute Gasteiger partial charge is 0.305 e. The molecule has 3 rings (SSSR count). The van der Waals surface area contributed by atoms with Gasteiger partial charge in [0.2, 0.25) is 5.41 Å². The fourth-order valence-corrected chi connectivity index (χ4v) is 5.01. The molecule has 0 amide bonds. The highest BCUT2D eigenvalue weighted by atomic mass is 35.5. The quantitative estimate of drug-likeness (QED) is 0.775. The maximum absolute atomic E-state index is 9.72. The second-order valence-corrected chi connectivity index (χ2v) is 7.33. The molecule has 1 aromatic rings. The van der Waals surface area contributed by atoms with Crippen LogP contribution in [0.25, 0.3) is 0 Å². The number of halogens is 1. The SMILES string of the molecule is N#CC1C(=N)C(C#N)(C#N)C2=CCSC[C@H]2[C@H]1c1ccccc1Cl. The van der Waals surface area contributed by atoms with E-state index in [0.717, 1.165) is 5.56 Å². The zero-order valence-electron chi connectivity index (χ0n) is 12.7. The van der Waals surface area contributed by atoms with Gasteiger partial charge in [-0.2, -0.15) is 27.5 Å². The van der Waals surface area contributed by atoms with Gasteiger partial charge in [-0.3, -0.25) is 0 Å². The number of nitrogens with zero attached hydrogens (tertiary/aromatic N) is 3. The summed E-state index contributed by atoms with van der Waals surface area (Å²) >= 11 is 8.06. The normalized spacial score (nSPS) is 27.8. The molecule has 1 aliphatic carbocycles. The molecule has 1 saturated carbocycles. The van der Waals surface area contributed by atoms with Gasteiger partial charge in [0.15, 0.2) is 0 Å². The standard InChI is InChI=1S/C18H13ClN4S/c19-15-4-2-1-3-11(15)16-12(7-20)17(23)18(9-21,10-22)14-5-6-24-8-13(14)16/h1-5,12-13,16,23H,6,8H2/t12?,13-,16+/m1/s1. The molecule has 6 heteroatoms. The lowest BCUT2D eigenvalue weighted by molar-refractivity contribution is 0.412. The van der Waals surface area contributed by atoms with Crippen molar-refractivity contribution in [1.29, 1.82) is 21.2 Å². The molecule has 1 unspecified atom stereocenters. The van der Waals surface area contributed by atoms with Crippen LogP contribution in [-0.4, -0.2) is 17.2 Å². The summed E-state index contributed by atoms with van der Waals surface area (Å²) in [6.45, 7) is 0. The number of benzene rings is 1. The molecule has 4 nitrogen and oxygen atoms in total. The zero-order chi connectivity index (χ0) is 17.3. The van der Waals surface area contributed by atoms with Crippen molar-refractivity contribution in [1.82, 2.24) is 0 Å². The van der Waals surface area contributed by atoms with E-state index in [1.165, 1.54) is 0 Å². The lowest BCUT2D eigenvalue weighted by Gasteiger charge is -2.45. The van der Waals surface area contributed by atoms with Crippen LogP contribution in [0.5, 0.6) is 0 Å². The van der Waals surface area contributed by atoms with Gasteiger partial charge in [-0.1, -0.05) is 35.9 Å². The third kappa shape index (κ3) is 2.23. The monoisotopic (exact) mass is 352 g/mol. The fourth-order valence-electron chi connectivity index (χ4n) is 3.67. The molecular weight excluding hydrogens is 340 g/mol. The van der Waals surface area contributed by atoms with Gasteiger partial charge in [-0.05, 0) is 17.2 Å². The Balaban J connectivity index is 2.25. The first-order chi connectivity index (χ1) is 11.6. The second kappa shape index (κ2) is 6.33. The predicted molar refractivity (Wildman–Crippen MR) is 93.6 cm³/mol. The van der Waals surface area contributed by atoms with E-state index in [2.05, 4.69) is 6.07 Å². The van der Waals surface area contributed by atoms with Crippen LogP contribution in [0.15, 0.2) is 35.9 Å². The molecule has 3 atom stereocenters. The Hall–Kier alpha value is -2.26. The van der Waals surface area contributed by atoms with Gasteiger partial charge in [0.25, 0.3) is 0 Å². The Bertz CT molecular complexity index is 841. The lowest BCUT2D eigenvalue weighted by atomic mass is 9.56. The summed E-state index contributed by atoms with van der Waals surface area (Å²) in [5.41, 5.74) is -0.301. The summed E-state index contributed by atoms with van der Waals surface area (Å²) in [5, 5.41) is 38.1. The summed E-state index contributed by atoms with van der Waals surface area (Å²) < 4.78 is 0. The zero-order valence-corrected chi connectivity index (χ0v) is 14.2. The number of rotatable bonds is 1. The molecule has 118 valence electrons. The first-order valence-corrected chi connectivity index (χ1v) is 8.97. The van der Waals surface area contributed by atoms with E-state index < -0.39 is 11.3 Å². The molecule has 0 radical (unpaired) electrons. The highest BCUT2D eigenvalue weighted by Gasteiger charge is 2.56.